The minimum Gasteiger partial charge on any atom is -0.305 e. The lowest BCUT2D eigenvalue weighted by Crippen LogP contribution is -2.52. The zero-order valence-electron chi connectivity index (χ0n) is 9.70. The van der Waals surface area contributed by atoms with E-state index in [0.717, 1.165) is 24.9 Å². The summed E-state index contributed by atoms with van der Waals surface area (Å²) in [7, 11) is 0. The lowest BCUT2D eigenvalue weighted by molar-refractivity contribution is -0.125. The van der Waals surface area contributed by atoms with E-state index in [0.29, 0.717) is 6.42 Å². The molecule has 3 heteroatoms. The van der Waals surface area contributed by atoms with Crippen molar-refractivity contribution in [1.29, 1.82) is 0 Å². The third-order valence-electron chi connectivity index (χ3n) is 3.32. The van der Waals surface area contributed by atoms with Crippen molar-refractivity contribution in [2.45, 2.75) is 38.1 Å². The number of hydrogen-bond acceptors (Lipinski definition) is 3. The SMILES string of the molecule is CC1(C(=O)Cc2cccnc2)CCCCN1. The molecule has 1 aromatic heterocycles. The summed E-state index contributed by atoms with van der Waals surface area (Å²) < 4.78 is 0. The van der Waals surface area contributed by atoms with Crippen molar-refractivity contribution in [2.75, 3.05) is 6.54 Å². The van der Waals surface area contributed by atoms with Gasteiger partial charge in [0.15, 0.2) is 5.78 Å². The molecule has 0 amide bonds. The third-order valence-corrected chi connectivity index (χ3v) is 3.32. The molecular formula is C13H18N2O. The summed E-state index contributed by atoms with van der Waals surface area (Å²) in [5.74, 6) is 0.278. The van der Waals surface area contributed by atoms with Crippen LogP contribution in [0, 0.1) is 0 Å². The fraction of sp³-hybridized carbons (Fsp3) is 0.538. The maximum atomic E-state index is 12.2. The average Bonchev–Trinajstić information content (AvgIpc) is 2.31. The summed E-state index contributed by atoms with van der Waals surface area (Å²) in [6.45, 7) is 2.97. The number of nitrogens with zero attached hydrogens (tertiary/aromatic N) is 1. The molecule has 1 aliphatic rings. The first-order valence-electron chi connectivity index (χ1n) is 5.88. The van der Waals surface area contributed by atoms with Gasteiger partial charge in [0.25, 0.3) is 0 Å². The maximum absolute atomic E-state index is 12.2. The van der Waals surface area contributed by atoms with E-state index >= 15 is 0 Å². The molecule has 0 radical (unpaired) electrons. The van der Waals surface area contributed by atoms with Crippen LogP contribution in [0.25, 0.3) is 0 Å². The summed E-state index contributed by atoms with van der Waals surface area (Å²) in [6.07, 6.45) is 7.25. The molecule has 86 valence electrons. The van der Waals surface area contributed by atoms with Crippen LogP contribution < -0.4 is 5.32 Å². The number of piperidine rings is 1. The molecular weight excluding hydrogens is 200 g/mol. The minimum atomic E-state index is -0.325. The van der Waals surface area contributed by atoms with Gasteiger partial charge in [0.05, 0.1) is 5.54 Å². The van der Waals surface area contributed by atoms with Crippen LogP contribution in [0.3, 0.4) is 0 Å². The normalized spacial score (nSPS) is 25.3. The van der Waals surface area contributed by atoms with E-state index in [4.69, 9.17) is 0 Å². The smallest absolute Gasteiger partial charge is 0.156 e. The Hall–Kier alpha value is -1.22. The van der Waals surface area contributed by atoms with Crippen molar-refractivity contribution in [2.24, 2.45) is 0 Å². The van der Waals surface area contributed by atoms with Crippen LogP contribution in [-0.2, 0) is 11.2 Å². The Morgan fingerprint density at radius 2 is 2.44 bits per heavy atom. The highest BCUT2D eigenvalue weighted by Crippen LogP contribution is 2.21. The zero-order chi connectivity index (χ0) is 11.4. The Labute approximate surface area is 96.3 Å². The maximum Gasteiger partial charge on any atom is 0.156 e. The third kappa shape index (κ3) is 2.47. The molecule has 0 spiro atoms. The van der Waals surface area contributed by atoms with Crippen molar-refractivity contribution < 1.29 is 4.79 Å². The number of carbonyl (C=O) groups is 1. The number of Topliss-reactive ketones (excluding diaryl/α,β-unsaturated/α-hetero) is 1. The van der Waals surface area contributed by atoms with Crippen molar-refractivity contribution in [3.63, 3.8) is 0 Å². The number of hydrogen-bond donors (Lipinski definition) is 1. The standard InChI is InChI=1S/C13H18N2O/c1-13(6-2-3-8-15-13)12(16)9-11-5-4-7-14-10-11/h4-5,7,10,15H,2-3,6,8-9H2,1H3. The van der Waals surface area contributed by atoms with E-state index in [-0.39, 0.29) is 11.3 Å². The van der Waals surface area contributed by atoms with Crippen LogP contribution in [0.1, 0.15) is 31.7 Å². The van der Waals surface area contributed by atoms with E-state index in [1.807, 2.05) is 19.1 Å². The van der Waals surface area contributed by atoms with Gasteiger partial charge in [0, 0.05) is 18.8 Å². The quantitative estimate of drug-likeness (QED) is 0.840. The van der Waals surface area contributed by atoms with Crippen LogP contribution in [0.4, 0.5) is 0 Å². The number of carbonyl (C=O) groups excluding carboxylic acids is 1. The van der Waals surface area contributed by atoms with Crippen LogP contribution in [0.2, 0.25) is 0 Å². The topological polar surface area (TPSA) is 42.0 Å². The molecule has 16 heavy (non-hydrogen) atoms. The molecule has 1 saturated heterocycles. The van der Waals surface area contributed by atoms with Crippen LogP contribution in [-0.4, -0.2) is 22.9 Å². The van der Waals surface area contributed by atoms with Gasteiger partial charge in [-0.2, -0.15) is 0 Å². The average molecular weight is 218 g/mol. The molecule has 2 heterocycles. The molecule has 1 fully saturated rings. The summed E-state index contributed by atoms with van der Waals surface area (Å²) in [6, 6.07) is 3.83. The van der Waals surface area contributed by atoms with Crippen LogP contribution in [0.15, 0.2) is 24.5 Å². The van der Waals surface area contributed by atoms with E-state index in [1.54, 1.807) is 12.4 Å². The zero-order valence-corrected chi connectivity index (χ0v) is 9.70. The Morgan fingerprint density at radius 1 is 1.56 bits per heavy atom. The molecule has 0 aliphatic carbocycles. The Kier molecular flexibility index (Phi) is 3.34. The molecule has 1 unspecified atom stereocenters. The van der Waals surface area contributed by atoms with Gasteiger partial charge in [-0.15, -0.1) is 0 Å². The van der Waals surface area contributed by atoms with Crippen molar-refractivity contribution >= 4 is 5.78 Å². The second-order valence-electron chi connectivity index (χ2n) is 4.68. The van der Waals surface area contributed by atoms with Gasteiger partial charge in [0.1, 0.15) is 0 Å². The molecule has 0 saturated carbocycles. The van der Waals surface area contributed by atoms with Gasteiger partial charge >= 0.3 is 0 Å². The first-order chi connectivity index (χ1) is 7.71. The fourth-order valence-corrected chi connectivity index (χ4v) is 2.18. The van der Waals surface area contributed by atoms with Gasteiger partial charge in [-0.25, -0.2) is 0 Å². The van der Waals surface area contributed by atoms with E-state index in [9.17, 15) is 4.79 Å². The van der Waals surface area contributed by atoms with Crippen molar-refractivity contribution in [1.82, 2.24) is 10.3 Å². The molecule has 3 nitrogen and oxygen atoms in total. The van der Waals surface area contributed by atoms with Gasteiger partial charge in [-0.3, -0.25) is 9.78 Å². The van der Waals surface area contributed by atoms with Gasteiger partial charge in [-0.05, 0) is 44.4 Å². The monoisotopic (exact) mass is 218 g/mol. The van der Waals surface area contributed by atoms with E-state index in [1.165, 1.54) is 6.42 Å². The molecule has 1 aliphatic heterocycles. The molecule has 2 rings (SSSR count). The van der Waals surface area contributed by atoms with Gasteiger partial charge in [-0.1, -0.05) is 6.07 Å². The molecule has 0 aromatic carbocycles. The lowest BCUT2D eigenvalue weighted by Gasteiger charge is -2.33. The molecule has 0 bridgehead atoms. The first kappa shape index (κ1) is 11.3. The number of ketones is 1. The summed E-state index contributed by atoms with van der Waals surface area (Å²) in [5.41, 5.74) is 0.676. The largest absolute Gasteiger partial charge is 0.305 e. The van der Waals surface area contributed by atoms with Gasteiger partial charge < -0.3 is 5.32 Å². The Balaban J connectivity index is 2.02. The molecule has 1 aromatic rings. The Bertz CT molecular complexity index is 355. The van der Waals surface area contributed by atoms with Crippen LogP contribution >= 0.6 is 0 Å². The molecule has 1 atom stereocenters. The predicted octanol–water partition coefficient (Wildman–Crippen LogP) is 1.73. The van der Waals surface area contributed by atoms with Gasteiger partial charge in [0.2, 0.25) is 0 Å². The second-order valence-corrected chi connectivity index (χ2v) is 4.68. The number of rotatable bonds is 3. The number of nitrogens with one attached hydrogen (secondary N) is 1. The van der Waals surface area contributed by atoms with Crippen LogP contribution in [0.5, 0.6) is 0 Å². The highest BCUT2D eigenvalue weighted by molar-refractivity contribution is 5.89. The number of pyridine rings is 1. The number of aromatic nitrogens is 1. The highest BCUT2D eigenvalue weighted by Gasteiger charge is 2.33. The summed E-state index contributed by atoms with van der Waals surface area (Å²) in [4.78, 5) is 16.2. The van der Waals surface area contributed by atoms with E-state index < -0.39 is 0 Å². The van der Waals surface area contributed by atoms with Crippen molar-refractivity contribution in [3.05, 3.63) is 30.1 Å². The predicted molar refractivity (Wildman–Crippen MR) is 63.2 cm³/mol. The highest BCUT2D eigenvalue weighted by atomic mass is 16.1. The lowest BCUT2D eigenvalue weighted by atomic mass is 9.84. The molecule has 1 N–H and O–H groups in total. The van der Waals surface area contributed by atoms with E-state index in [2.05, 4.69) is 10.3 Å². The minimum absolute atomic E-state index is 0.278. The summed E-state index contributed by atoms with van der Waals surface area (Å²) in [5, 5.41) is 3.35. The second kappa shape index (κ2) is 4.74. The first-order valence-corrected chi connectivity index (χ1v) is 5.88. The summed E-state index contributed by atoms with van der Waals surface area (Å²) >= 11 is 0. The fourth-order valence-electron chi connectivity index (χ4n) is 2.18. The Morgan fingerprint density at radius 3 is 3.06 bits per heavy atom. The van der Waals surface area contributed by atoms with Crippen molar-refractivity contribution in [3.8, 4) is 0 Å².